The van der Waals surface area contributed by atoms with Crippen LogP contribution in [0.1, 0.15) is 44.9 Å². The fourth-order valence-electron chi connectivity index (χ4n) is 2.31. The van der Waals surface area contributed by atoms with Crippen LogP contribution in [0.5, 0.6) is 0 Å². The zero-order valence-corrected chi connectivity index (χ0v) is 10.1. The van der Waals surface area contributed by atoms with Crippen LogP contribution >= 0.6 is 0 Å². The summed E-state index contributed by atoms with van der Waals surface area (Å²) in [6, 6.07) is 0. The monoisotopic (exact) mass is 228 g/mol. The second-order valence-electron chi connectivity index (χ2n) is 4.52. The molecule has 0 spiro atoms. The van der Waals surface area contributed by atoms with Gasteiger partial charge < -0.3 is 4.74 Å². The van der Waals surface area contributed by atoms with Gasteiger partial charge in [-0.3, -0.25) is 4.21 Å². The van der Waals surface area contributed by atoms with E-state index < -0.39 is 10.8 Å². The smallest absolute Gasteiger partial charge is 0.102 e. The molecule has 86 valence electrons. The molecule has 2 unspecified atom stereocenters. The molecule has 0 amide bonds. The normalized spacial score (nSPS) is 31.6. The summed E-state index contributed by atoms with van der Waals surface area (Å²) in [5, 5.41) is 0.297. The van der Waals surface area contributed by atoms with E-state index in [0.717, 1.165) is 18.6 Å². The highest BCUT2D eigenvalue weighted by atomic mass is 32.2. The molecule has 1 saturated heterocycles. The van der Waals surface area contributed by atoms with Crippen molar-refractivity contribution in [2.24, 2.45) is 0 Å². The molecule has 1 heterocycles. The predicted octanol–water partition coefficient (Wildman–Crippen LogP) is 2.76. The lowest BCUT2D eigenvalue weighted by atomic mass is 9.96. The van der Waals surface area contributed by atoms with Crippen molar-refractivity contribution in [1.82, 2.24) is 0 Å². The lowest BCUT2D eigenvalue weighted by molar-refractivity contribution is 0.241. The second-order valence-corrected chi connectivity index (χ2v) is 6.36. The third-order valence-corrected chi connectivity index (χ3v) is 5.08. The van der Waals surface area contributed by atoms with E-state index in [-0.39, 0.29) is 0 Å². The first-order valence-corrected chi connectivity index (χ1v) is 7.41. The third-order valence-electron chi connectivity index (χ3n) is 3.27. The van der Waals surface area contributed by atoms with Crippen molar-refractivity contribution in [3.63, 3.8) is 0 Å². The number of allylic oxidation sites excluding steroid dienone is 1. The van der Waals surface area contributed by atoms with E-state index in [4.69, 9.17) is 4.74 Å². The molecule has 1 aliphatic heterocycles. The van der Waals surface area contributed by atoms with Crippen molar-refractivity contribution >= 4 is 10.8 Å². The number of hydrogen-bond donors (Lipinski definition) is 0. The van der Waals surface area contributed by atoms with Gasteiger partial charge in [0, 0.05) is 16.6 Å². The molecular formula is C12H20O2S. The van der Waals surface area contributed by atoms with Gasteiger partial charge in [-0.1, -0.05) is 6.42 Å². The first-order valence-electron chi connectivity index (χ1n) is 6.03. The summed E-state index contributed by atoms with van der Waals surface area (Å²) in [6.07, 6.45) is 10.5. The Labute approximate surface area is 94.5 Å². The van der Waals surface area contributed by atoms with Crippen molar-refractivity contribution in [3.05, 3.63) is 11.8 Å². The van der Waals surface area contributed by atoms with Crippen LogP contribution in [-0.4, -0.2) is 21.8 Å². The highest BCUT2D eigenvalue weighted by Crippen LogP contribution is 2.23. The number of rotatable bonds is 3. The third kappa shape index (κ3) is 3.33. The van der Waals surface area contributed by atoms with Gasteiger partial charge in [0.15, 0.2) is 0 Å². The largest absolute Gasteiger partial charge is 0.500 e. The van der Waals surface area contributed by atoms with Gasteiger partial charge in [-0.15, -0.1) is 0 Å². The minimum Gasteiger partial charge on any atom is -0.500 e. The maximum absolute atomic E-state index is 11.5. The maximum atomic E-state index is 11.5. The van der Waals surface area contributed by atoms with E-state index >= 15 is 0 Å². The van der Waals surface area contributed by atoms with E-state index in [0.29, 0.717) is 11.9 Å². The molecule has 15 heavy (non-hydrogen) atoms. The van der Waals surface area contributed by atoms with E-state index in [1.165, 1.54) is 37.7 Å². The molecular weight excluding hydrogens is 208 g/mol. The van der Waals surface area contributed by atoms with Gasteiger partial charge in [0.05, 0.1) is 11.5 Å². The molecule has 0 aromatic carbocycles. The minimum absolute atomic E-state index is 0.297. The van der Waals surface area contributed by atoms with Crippen LogP contribution in [0.25, 0.3) is 0 Å². The molecule has 0 radical (unpaired) electrons. The highest BCUT2D eigenvalue weighted by molar-refractivity contribution is 7.85. The Morgan fingerprint density at radius 2 is 2.07 bits per heavy atom. The van der Waals surface area contributed by atoms with E-state index in [1.807, 2.05) is 6.26 Å². The van der Waals surface area contributed by atoms with Gasteiger partial charge in [0.1, 0.15) is 6.61 Å². The Morgan fingerprint density at radius 3 is 2.73 bits per heavy atom. The molecule has 2 aliphatic rings. The van der Waals surface area contributed by atoms with Crippen LogP contribution in [0.15, 0.2) is 11.8 Å². The van der Waals surface area contributed by atoms with Gasteiger partial charge in [0.25, 0.3) is 0 Å². The molecule has 2 atom stereocenters. The molecule has 0 N–H and O–H groups in total. The fraction of sp³-hybridized carbons (Fsp3) is 0.833. The van der Waals surface area contributed by atoms with Crippen LogP contribution in [0.2, 0.25) is 0 Å². The SMILES string of the molecule is O=S1CCCC1COC=C1CCCCC1. The average Bonchev–Trinajstić information content (AvgIpc) is 2.66. The van der Waals surface area contributed by atoms with Crippen molar-refractivity contribution in [2.45, 2.75) is 50.2 Å². The number of hydrogen-bond acceptors (Lipinski definition) is 2. The van der Waals surface area contributed by atoms with Crippen LogP contribution in [0.4, 0.5) is 0 Å². The Kier molecular flexibility index (Phi) is 4.24. The summed E-state index contributed by atoms with van der Waals surface area (Å²) in [6.45, 7) is 0.663. The lowest BCUT2D eigenvalue weighted by Gasteiger charge is -2.14. The number of ether oxygens (including phenoxy) is 1. The zero-order chi connectivity index (χ0) is 10.5. The molecule has 1 aliphatic carbocycles. The Morgan fingerprint density at radius 1 is 1.27 bits per heavy atom. The predicted molar refractivity (Wildman–Crippen MR) is 63.2 cm³/mol. The fourth-order valence-corrected chi connectivity index (χ4v) is 3.75. The summed E-state index contributed by atoms with van der Waals surface area (Å²) in [5.74, 6) is 0.880. The highest BCUT2D eigenvalue weighted by Gasteiger charge is 2.23. The molecule has 0 aromatic heterocycles. The topological polar surface area (TPSA) is 26.3 Å². The van der Waals surface area contributed by atoms with Crippen LogP contribution < -0.4 is 0 Å². The van der Waals surface area contributed by atoms with Gasteiger partial charge in [0.2, 0.25) is 0 Å². The molecule has 2 rings (SSSR count). The minimum atomic E-state index is -0.621. The Hall–Kier alpha value is -0.310. The molecule has 2 fully saturated rings. The first-order chi connectivity index (χ1) is 7.36. The van der Waals surface area contributed by atoms with Crippen LogP contribution in [0, 0.1) is 0 Å². The Balaban J connectivity index is 1.71. The summed E-state index contributed by atoms with van der Waals surface area (Å²) in [7, 11) is -0.621. The van der Waals surface area contributed by atoms with Crippen LogP contribution in [0.3, 0.4) is 0 Å². The second kappa shape index (κ2) is 5.69. The lowest BCUT2D eigenvalue weighted by Crippen LogP contribution is -2.15. The molecule has 0 bridgehead atoms. The van der Waals surface area contributed by atoms with Crippen molar-refractivity contribution in [3.8, 4) is 0 Å². The summed E-state index contributed by atoms with van der Waals surface area (Å²) >= 11 is 0. The van der Waals surface area contributed by atoms with Gasteiger partial charge >= 0.3 is 0 Å². The van der Waals surface area contributed by atoms with E-state index in [2.05, 4.69) is 0 Å². The van der Waals surface area contributed by atoms with Crippen molar-refractivity contribution < 1.29 is 8.95 Å². The van der Waals surface area contributed by atoms with Gasteiger partial charge in [-0.2, -0.15) is 0 Å². The molecule has 2 nitrogen and oxygen atoms in total. The molecule has 1 saturated carbocycles. The summed E-state index contributed by atoms with van der Waals surface area (Å²) in [4.78, 5) is 0. The average molecular weight is 228 g/mol. The summed E-state index contributed by atoms with van der Waals surface area (Å²) in [5.41, 5.74) is 1.45. The zero-order valence-electron chi connectivity index (χ0n) is 9.24. The quantitative estimate of drug-likeness (QED) is 0.694. The Bertz CT molecular complexity index is 252. The molecule has 3 heteroatoms. The first kappa shape index (κ1) is 11.2. The maximum Gasteiger partial charge on any atom is 0.102 e. The van der Waals surface area contributed by atoms with E-state index in [1.54, 1.807) is 0 Å². The summed E-state index contributed by atoms with van der Waals surface area (Å²) < 4.78 is 17.0. The van der Waals surface area contributed by atoms with Gasteiger partial charge in [-0.25, -0.2) is 0 Å². The van der Waals surface area contributed by atoms with Crippen molar-refractivity contribution in [2.75, 3.05) is 12.4 Å². The molecule has 0 aromatic rings. The standard InChI is InChI=1S/C12H20O2S/c13-15-8-4-7-12(15)10-14-9-11-5-2-1-3-6-11/h9,12H,1-8,10H2. The van der Waals surface area contributed by atoms with Crippen LogP contribution in [-0.2, 0) is 15.5 Å². The van der Waals surface area contributed by atoms with E-state index in [9.17, 15) is 4.21 Å². The van der Waals surface area contributed by atoms with Crippen molar-refractivity contribution in [1.29, 1.82) is 0 Å². The van der Waals surface area contributed by atoms with Gasteiger partial charge in [-0.05, 0) is 44.1 Å².